The lowest BCUT2D eigenvalue weighted by Gasteiger charge is -2.04. The van der Waals surface area contributed by atoms with E-state index in [0.29, 0.717) is 0 Å². The van der Waals surface area contributed by atoms with Crippen molar-refractivity contribution in [1.29, 1.82) is 0 Å². The first-order valence-electron chi connectivity index (χ1n) is 5.68. The van der Waals surface area contributed by atoms with Gasteiger partial charge in [-0.1, -0.05) is 37.3 Å². The van der Waals surface area contributed by atoms with Crippen LogP contribution in [0.1, 0.15) is 18.9 Å². The molecule has 1 nitrogen and oxygen atoms in total. The molecule has 0 unspecified atom stereocenters. The van der Waals surface area contributed by atoms with Gasteiger partial charge in [0.1, 0.15) is 5.82 Å². The third-order valence-electron chi connectivity index (χ3n) is 2.53. The van der Waals surface area contributed by atoms with Gasteiger partial charge in [0.2, 0.25) is 0 Å². The molecule has 0 aliphatic heterocycles. The topological polar surface area (TPSA) is 12.4 Å². The maximum absolute atomic E-state index is 12.8. The van der Waals surface area contributed by atoms with Gasteiger partial charge in [0, 0.05) is 5.71 Å². The Hall–Kier alpha value is -1.96. The predicted octanol–water partition coefficient (Wildman–Crippen LogP) is 4.36. The van der Waals surface area contributed by atoms with Crippen molar-refractivity contribution in [3.63, 3.8) is 0 Å². The Bertz CT molecular complexity index is 500. The second-order valence-corrected chi connectivity index (χ2v) is 3.75. The SMILES string of the molecule is CCC(=Nc1ccc(F)cc1)c1ccccc1. The van der Waals surface area contributed by atoms with Gasteiger partial charge in [0.25, 0.3) is 0 Å². The van der Waals surface area contributed by atoms with Crippen LogP contribution in [0.5, 0.6) is 0 Å². The van der Waals surface area contributed by atoms with E-state index in [1.807, 2.05) is 30.3 Å². The first kappa shape index (κ1) is 11.5. The maximum Gasteiger partial charge on any atom is 0.123 e. The van der Waals surface area contributed by atoms with Gasteiger partial charge in [-0.3, -0.25) is 4.99 Å². The molecule has 0 bridgehead atoms. The molecule has 0 atom stereocenters. The third kappa shape index (κ3) is 3.00. The van der Waals surface area contributed by atoms with Crippen molar-refractivity contribution in [3.05, 3.63) is 66.0 Å². The number of halogens is 1. The van der Waals surface area contributed by atoms with Crippen LogP contribution >= 0.6 is 0 Å². The van der Waals surface area contributed by atoms with E-state index in [2.05, 4.69) is 11.9 Å². The van der Waals surface area contributed by atoms with Crippen LogP contribution in [0.3, 0.4) is 0 Å². The number of hydrogen-bond acceptors (Lipinski definition) is 1. The molecule has 0 aromatic heterocycles. The Morgan fingerprint density at radius 2 is 1.65 bits per heavy atom. The molecule has 0 fully saturated rings. The predicted molar refractivity (Wildman–Crippen MR) is 69.3 cm³/mol. The summed E-state index contributed by atoms with van der Waals surface area (Å²) in [6.07, 6.45) is 0.849. The second kappa shape index (κ2) is 5.39. The van der Waals surface area contributed by atoms with E-state index < -0.39 is 0 Å². The van der Waals surface area contributed by atoms with Crippen molar-refractivity contribution in [3.8, 4) is 0 Å². The molecule has 0 amide bonds. The average Bonchev–Trinajstić information content (AvgIpc) is 2.39. The normalized spacial score (nSPS) is 11.5. The van der Waals surface area contributed by atoms with Crippen LogP contribution in [0.25, 0.3) is 0 Å². The molecule has 0 spiro atoms. The fourth-order valence-electron chi connectivity index (χ4n) is 1.65. The highest BCUT2D eigenvalue weighted by molar-refractivity contribution is 6.01. The van der Waals surface area contributed by atoms with Gasteiger partial charge in [-0.15, -0.1) is 0 Å². The van der Waals surface area contributed by atoms with Crippen molar-refractivity contribution in [2.45, 2.75) is 13.3 Å². The lowest BCUT2D eigenvalue weighted by molar-refractivity contribution is 0.628. The zero-order valence-electron chi connectivity index (χ0n) is 9.73. The second-order valence-electron chi connectivity index (χ2n) is 3.75. The molecule has 0 radical (unpaired) electrons. The molecule has 2 aromatic rings. The van der Waals surface area contributed by atoms with Gasteiger partial charge in [-0.25, -0.2) is 4.39 Å². The summed E-state index contributed by atoms with van der Waals surface area (Å²) >= 11 is 0. The van der Waals surface area contributed by atoms with E-state index in [4.69, 9.17) is 0 Å². The molecule has 0 aliphatic carbocycles. The Morgan fingerprint density at radius 1 is 1.00 bits per heavy atom. The van der Waals surface area contributed by atoms with E-state index in [1.165, 1.54) is 12.1 Å². The number of hydrogen-bond donors (Lipinski definition) is 0. The van der Waals surface area contributed by atoms with Crippen LogP contribution < -0.4 is 0 Å². The van der Waals surface area contributed by atoms with Gasteiger partial charge in [-0.05, 0) is 36.2 Å². The molecule has 0 aliphatic rings. The van der Waals surface area contributed by atoms with Gasteiger partial charge in [-0.2, -0.15) is 0 Å². The Balaban J connectivity index is 2.33. The van der Waals surface area contributed by atoms with E-state index in [1.54, 1.807) is 12.1 Å². The first-order chi connectivity index (χ1) is 8.29. The molecule has 0 saturated heterocycles. The quantitative estimate of drug-likeness (QED) is 0.691. The van der Waals surface area contributed by atoms with Gasteiger partial charge in [0.15, 0.2) is 0 Å². The average molecular weight is 227 g/mol. The summed E-state index contributed by atoms with van der Waals surface area (Å²) in [4.78, 5) is 4.54. The van der Waals surface area contributed by atoms with Crippen LogP contribution in [-0.4, -0.2) is 5.71 Å². The molecule has 0 N–H and O–H groups in total. The molecule has 2 heteroatoms. The zero-order valence-corrected chi connectivity index (χ0v) is 9.73. The van der Waals surface area contributed by atoms with Crippen LogP contribution in [0.15, 0.2) is 59.6 Å². The minimum atomic E-state index is -0.235. The summed E-state index contributed by atoms with van der Waals surface area (Å²) in [6, 6.07) is 16.3. The Morgan fingerprint density at radius 3 is 2.24 bits per heavy atom. The van der Waals surface area contributed by atoms with Crippen LogP contribution in [0.2, 0.25) is 0 Å². The van der Waals surface area contributed by atoms with E-state index in [-0.39, 0.29) is 5.82 Å². The Labute approximate surface area is 101 Å². The van der Waals surface area contributed by atoms with Crippen molar-refractivity contribution in [2.75, 3.05) is 0 Å². The summed E-state index contributed by atoms with van der Waals surface area (Å²) in [7, 11) is 0. The molecule has 2 aromatic carbocycles. The molecule has 17 heavy (non-hydrogen) atoms. The minimum Gasteiger partial charge on any atom is -0.253 e. The maximum atomic E-state index is 12.8. The highest BCUT2D eigenvalue weighted by Crippen LogP contribution is 2.15. The lowest BCUT2D eigenvalue weighted by Crippen LogP contribution is -1.97. The van der Waals surface area contributed by atoms with Crippen molar-refractivity contribution >= 4 is 11.4 Å². The molecular weight excluding hydrogens is 213 g/mol. The molecule has 2 rings (SSSR count). The molecular formula is C15H14FN. The van der Waals surface area contributed by atoms with E-state index >= 15 is 0 Å². The smallest absolute Gasteiger partial charge is 0.123 e. The highest BCUT2D eigenvalue weighted by Gasteiger charge is 2.00. The third-order valence-corrected chi connectivity index (χ3v) is 2.53. The monoisotopic (exact) mass is 227 g/mol. The summed E-state index contributed by atoms with van der Waals surface area (Å²) in [5.74, 6) is -0.235. The number of benzene rings is 2. The van der Waals surface area contributed by atoms with Gasteiger partial charge < -0.3 is 0 Å². The van der Waals surface area contributed by atoms with Crippen LogP contribution in [0, 0.1) is 5.82 Å². The summed E-state index contributed by atoms with van der Waals surface area (Å²) < 4.78 is 12.8. The summed E-state index contributed by atoms with van der Waals surface area (Å²) in [5.41, 5.74) is 2.91. The van der Waals surface area contributed by atoms with Crippen LogP contribution in [0.4, 0.5) is 10.1 Å². The molecule has 86 valence electrons. The fourth-order valence-corrected chi connectivity index (χ4v) is 1.65. The summed E-state index contributed by atoms with van der Waals surface area (Å²) in [5, 5.41) is 0. The lowest BCUT2D eigenvalue weighted by atomic mass is 10.1. The standard InChI is InChI=1S/C15H14FN/c1-2-15(12-6-4-3-5-7-12)17-14-10-8-13(16)9-11-14/h3-11H,2H2,1H3. The molecule has 0 saturated carbocycles. The summed E-state index contributed by atoms with van der Waals surface area (Å²) in [6.45, 7) is 2.06. The minimum absolute atomic E-state index is 0.235. The van der Waals surface area contributed by atoms with Crippen molar-refractivity contribution in [2.24, 2.45) is 4.99 Å². The number of rotatable bonds is 3. The fraction of sp³-hybridized carbons (Fsp3) is 0.133. The molecule has 0 heterocycles. The van der Waals surface area contributed by atoms with Gasteiger partial charge >= 0.3 is 0 Å². The first-order valence-corrected chi connectivity index (χ1v) is 5.68. The van der Waals surface area contributed by atoms with E-state index in [0.717, 1.165) is 23.4 Å². The Kier molecular flexibility index (Phi) is 3.66. The van der Waals surface area contributed by atoms with Crippen LogP contribution in [-0.2, 0) is 0 Å². The highest BCUT2D eigenvalue weighted by atomic mass is 19.1. The number of nitrogens with zero attached hydrogens (tertiary/aromatic N) is 1. The zero-order chi connectivity index (χ0) is 12.1. The van der Waals surface area contributed by atoms with Crippen molar-refractivity contribution < 1.29 is 4.39 Å². The number of aliphatic imine (C=N–C) groups is 1. The van der Waals surface area contributed by atoms with E-state index in [9.17, 15) is 4.39 Å². The van der Waals surface area contributed by atoms with Crippen molar-refractivity contribution in [1.82, 2.24) is 0 Å². The van der Waals surface area contributed by atoms with Gasteiger partial charge in [0.05, 0.1) is 5.69 Å². The largest absolute Gasteiger partial charge is 0.253 e.